The largest absolute Gasteiger partial charge is 0.311 e. The maximum Gasteiger partial charge on any atom is 0.0424 e. The molecule has 4 heteroatoms. The van der Waals surface area contributed by atoms with Crippen LogP contribution in [0.5, 0.6) is 0 Å². The maximum absolute atomic E-state index is 5.98. The molecule has 19 heavy (non-hydrogen) atoms. The summed E-state index contributed by atoms with van der Waals surface area (Å²) < 4.78 is 0. The van der Waals surface area contributed by atoms with Crippen LogP contribution in [0.15, 0.2) is 18.2 Å². The van der Waals surface area contributed by atoms with Crippen LogP contribution in [0.2, 0.25) is 10.0 Å². The second-order valence-corrected chi connectivity index (χ2v) is 6.25. The van der Waals surface area contributed by atoms with Crippen LogP contribution in [-0.4, -0.2) is 31.1 Å². The Morgan fingerprint density at radius 1 is 1.16 bits per heavy atom. The summed E-state index contributed by atoms with van der Waals surface area (Å²) in [5.74, 6) is 0. The van der Waals surface area contributed by atoms with Gasteiger partial charge in [0.1, 0.15) is 0 Å². The van der Waals surface area contributed by atoms with Crippen molar-refractivity contribution in [3.8, 4) is 0 Å². The Labute approximate surface area is 126 Å². The van der Waals surface area contributed by atoms with Crippen molar-refractivity contribution in [1.82, 2.24) is 10.2 Å². The fraction of sp³-hybridized carbons (Fsp3) is 0.600. The summed E-state index contributed by atoms with van der Waals surface area (Å²) in [7, 11) is 2.23. The van der Waals surface area contributed by atoms with Gasteiger partial charge in [0.05, 0.1) is 0 Å². The third kappa shape index (κ3) is 4.96. The average Bonchev–Trinajstić information content (AvgIpc) is 2.87. The summed E-state index contributed by atoms with van der Waals surface area (Å²) in [5.41, 5.74) is 1.14. The van der Waals surface area contributed by atoms with Crippen molar-refractivity contribution in [2.75, 3.05) is 20.1 Å². The number of hydrogen-bond donors (Lipinski definition) is 1. The third-order valence-electron chi connectivity index (χ3n) is 3.84. The highest BCUT2D eigenvalue weighted by molar-refractivity contribution is 6.34. The fourth-order valence-electron chi connectivity index (χ4n) is 2.73. The van der Waals surface area contributed by atoms with E-state index in [1.54, 1.807) is 6.07 Å². The minimum atomic E-state index is 0.701. The summed E-state index contributed by atoms with van der Waals surface area (Å²) in [6.45, 7) is 2.91. The highest BCUT2D eigenvalue weighted by Crippen LogP contribution is 2.22. The van der Waals surface area contributed by atoms with Crippen LogP contribution in [0, 0.1) is 0 Å². The van der Waals surface area contributed by atoms with E-state index < -0.39 is 0 Å². The molecule has 1 aliphatic rings. The number of rotatable bonds is 6. The van der Waals surface area contributed by atoms with Crippen molar-refractivity contribution in [2.45, 2.75) is 38.3 Å². The topological polar surface area (TPSA) is 15.3 Å². The summed E-state index contributed by atoms with van der Waals surface area (Å²) >= 11 is 12.0. The number of nitrogens with one attached hydrogen (secondary N) is 1. The Kier molecular flexibility index (Phi) is 5.96. The summed E-state index contributed by atoms with van der Waals surface area (Å²) in [4.78, 5) is 2.48. The minimum Gasteiger partial charge on any atom is -0.311 e. The molecule has 0 heterocycles. The molecule has 0 bridgehead atoms. The lowest BCUT2D eigenvalue weighted by atomic mass is 10.2. The fourth-order valence-corrected chi connectivity index (χ4v) is 3.30. The smallest absolute Gasteiger partial charge is 0.0424 e. The van der Waals surface area contributed by atoms with Gasteiger partial charge >= 0.3 is 0 Å². The van der Waals surface area contributed by atoms with Crippen LogP contribution in [0.3, 0.4) is 0 Å². The van der Waals surface area contributed by atoms with Gasteiger partial charge in [-0.1, -0.05) is 36.0 Å². The summed E-state index contributed by atoms with van der Waals surface area (Å²) in [6, 6.07) is 6.48. The molecule has 0 spiro atoms. The Morgan fingerprint density at radius 3 is 2.42 bits per heavy atom. The van der Waals surface area contributed by atoms with Gasteiger partial charge in [-0.2, -0.15) is 0 Å². The van der Waals surface area contributed by atoms with E-state index in [-0.39, 0.29) is 0 Å². The lowest BCUT2D eigenvalue weighted by Crippen LogP contribution is -2.35. The lowest BCUT2D eigenvalue weighted by Gasteiger charge is -2.24. The first-order valence-corrected chi connectivity index (χ1v) is 7.76. The molecule has 1 aromatic carbocycles. The van der Waals surface area contributed by atoms with E-state index in [4.69, 9.17) is 23.2 Å². The molecule has 1 N–H and O–H groups in total. The highest BCUT2D eigenvalue weighted by Gasteiger charge is 2.18. The van der Waals surface area contributed by atoms with Gasteiger partial charge < -0.3 is 10.2 Å². The van der Waals surface area contributed by atoms with Crippen LogP contribution in [-0.2, 0) is 6.54 Å². The predicted molar refractivity (Wildman–Crippen MR) is 83.1 cm³/mol. The zero-order chi connectivity index (χ0) is 13.7. The van der Waals surface area contributed by atoms with Crippen molar-refractivity contribution in [2.24, 2.45) is 0 Å². The number of nitrogens with zero attached hydrogens (tertiary/aromatic N) is 1. The predicted octanol–water partition coefficient (Wildman–Crippen LogP) is 3.96. The first-order valence-electron chi connectivity index (χ1n) is 7.01. The van der Waals surface area contributed by atoms with Crippen LogP contribution in [0.25, 0.3) is 0 Å². The van der Waals surface area contributed by atoms with Crippen molar-refractivity contribution >= 4 is 23.2 Å². The standard InChI is InChI=1S/C15H22Cl2N2/c1-19(15-4-2-3-5-15)7-6-18-11-12-8-13(16)10-14(17)9-12/h8-10,15,18H,2-7,11H2,1H3. The van der Waals surface area contributed by atoms with E-state index in [0.29, 0.717) is 10.0 Å². The first kappa shape index (κ1) is 15.1. The Balaban J connectivity index is 1.68. The second-order valence-electron chi connectivity index (χ2n) is 5.37. The van der Waals surface area contributed by atoms with Gasteiger partial charge in [0, 0.05) is 35.7 Å². The van der Waals surface area contributed by atoms with Crippen LogP contribution in [0.1, 0.15) is 31.2 Å². The molecular weight excluding hydrogens is 279 g/mol. The normalized spacial score (nSPS) is 16.4. The zero-order valence-corrected chi connectivity index (χ0v) is 13.0. The molecular formula is C15H22Cl2N2. The number of hydrogen-bond acceptors (Lipinski definition) is 2. The van der Waals surface area contributed by atoms with Crippen LogP contribution in [0.4, 0.5) is 0 Å². The molecule has 1 aromatic rings. The molecule has 0 atom stereocenters. The molecule has 1 aliphatic carbocycles. The zero-order valence-electron chi connectivity index (χ0n) is 11.5. The Morgan fingerprint density at radius 2 is 1.79 bits per heavy atom. The third-order valence-corrected chi connectivity index (χ3v) is 4.28. The highest BCUT2D eigenvalue weighted by atomic mass is 35.5. The molecule has 0 aliphatic heterocycles. The van der Waals surface area contributed by atoms with Gasteiger partial charge in [-0.25, -0.2) is 0 Å². The molecule has 0 amide bonds. The molecule has 0 radical (unpaired) electrons. The summed E-state index contributed by atoms with van der Waals surface area (Å²) in [5, 5.41) is 4.85. The van der Waals surface area contributed by atoms with E-state index in [1.165, 1.54) is 25.7 Å². The van der Waals surface area contributed by atoms with E-state index in [9.17, 15) is 0 Å². The monoisotopic (exact) mass is 300 g/mol. The molecule has 0 saturated heterocycles. The van der Waals surface area contributed by atoms with Crippen LogP contribution >= 0.6 is 23.2 Å². The molecule has 1 fully saturated rings. The van der Waals surface area contributed by atoms with Gasteiger partial charge in [0.2, 0.25) is 0 Å². The van der Waals surface area contributed by atoms with Gasteiger partial charge in [-0.15, -0.1) is 0 Å². The number of benzene rings is 1. The maximum atomic E-state index is 5.98. The molecule has 0 aromatic heterocycles. The minimum absolute atomic E-state index is 0.701. The van der Waals surface area contributed by atoms with Gasteiger partial charge in [-0.3, -0.25) is 0 Å². The van der Waals surface area contributed by atoms with Crippen molar-refractivity contribution in [1.29, 1.82) is 0 Å². The number of halogens is 2. The Bertz CT molecular complexity index is 383. The SMILES string of the molecule is CN(CCNCc1cc(Cl)cc(Cl)c1)C1CCCC1. The second kappa shape index (κ2) is 7.49. The summed E-state index contributed by atoms with van der Waals surface area (Å²) in [6.07, 6.45) is 5.51. The first-order chi connectivity index (χ1) is 9.15. The average molecular weight is 301 g/mol. The van der Waals surface area contributed by atoms with Crippen molar-refractivity contribution in [3.05, 3.63) is 33.8 Å². The molecule has 106 valence electrons. The van der Waals surface area contributed by atoms with E-state index >= 15 is 0 Å². The Hall–Kier alpha value is -0.280. The molecule has 1 saturated carbocycles. The quantitative estimate of drug-likeness (QED) is 0.800. The molecule has 2 rings (SSSR count). The van der Waals surface area contributed by atoms with Gasteiger partial charge in [0.25, 0.3) is 0 Å². The van der Waals surface area contributed by atoms with Gasteiger partial charge in [-0.05, 0) is 43.7 Å². The van der Waals surface area contributed by atoms with E-state index in [0.717, 1.165) is 31.2 Å². The lowest BCUT2D eigenvalue weighted by molar-refractivity contribution is 0.245. The van der Waals surface area contributed by atoms with E-state index in [2.05, 4.69) is 17.3 Å². The van der Waals surface area contributed by atoms with Crippen molar-refractivity contribution < 1.29 is 0 Å². The van der Waals surface area contributed by atoms with Gasteiger partial charge in [0.15, 0.2) is 0 Å². The number of likely N-dealkylation sites (N-methyl/N-ethyl adjacent to an activating group) is 1. The van der Waals surface area contributed by atoms with E-state index in [1.807, 2.05) is 12.1 Å². The molecule has 0 unspecified atom stereocenters. The molecule has 2 nitrogen and oxygen atoms in total. The van der Waals surface area contributed by atoms with Crippen LogP contribution < -0.4 is 5.32 Å². The van der Waals surface area contributed by atoms with Crippen molar-refractivity contribution in [3.63, 3.8) is 0 Å².